The highest BCUT2D eigenvalue weighted by molar-refractivity contribution is 5.86. The van der Waals surface area contributed by atoms with Gasteiger partial charge in [-0.15, -0.1) is 0 Å². The van der Waals surface area contributed by atoms with Crippen molar-refractivity contribution in [1.82, 2.24) is 15.3 Å². The Labute approximate surface area is 176 Å². The van der Waals surface area contributed by atoms with E-state index >= 15 is 0 Å². The maximum Gasteiger partial charge on any atom is 0.223 e. The maximum absolute atomic E-state index is 13.5. The summed E-state index contributed by atoms with van der Waals surface area (Å²) in [6.07, 6.45) is 6.16. The number of benzene rings is 2. The van der Waals surface area contributed by atoms with Gasteiger partial charge in [0.25, 0.3) is 0 Å². The first-order chi connectivity index (χ1) is 15.0. The summed E-state index contributed by atoms with van der Waals surface area (Å²) in [5.41, 5.74) is 2.35. The average molecular weight is 427 g/mol. The molecule has 1 amide bonds. The molecule has 0 spiro atoms. The van der Waals surface area contributed by atoms with E-state index in [1.54, 1.807) is 24.5 Å². The maximum atomic E-state index is 13.5. The number of nitrogens with one attached hydrogen (secondary N) is 2. The van der Waals surface area contributed by atoms with Gasteiger partial charge in [-0.25, -0.2) is 18.2 Å². The number of aromatic amines is 1. The zero-order valence-corrected chi connectivity index (χ0v) is 16.5. The molecule has 8 heteroatoms. The molecule has 2 aromatic carbocycles. The van der Waals surface area contributed by atoms with E-state index in [4.69, 9.17) is 4.42 Å². The summed E-state index contributed by atoms with van der Waals surface area (Å²) < 4.78 is 44.2. The Hall–Kier alpha value is -3.55. The van der Waals surface area contributed by atoms with Crippen LogP contribution in [0.25, 0.3) is 22.2 Å². The van der Waals surface area contributed by atoms with Crippen LogP contribution in [0.15, 0.2) is 59.5 Å². The number of nitrogens with zero attached hydrogens (tertiary/aromatic N) is 1. The highest BCUT2D eigenvalue weighted by atomic mass is 19.1. The largest absolute Gasteiger partial charge is 0.451 e. The van der Waals surface area contributed by atoms with Crippen molar-refractivity contribution in [3.63, 3.8) is 0 Å². The predicted molar refractivity (Wildman–Crippen MR) is 109 cm³/mol. The molecule has 160 valence electrons. The second-order valence-electron chi connectivity index (χ2n) is 7.37. The minimum absolute atomic E-state index is 0.147. The third-order valence-corrected chi connectivity index (χ3v) is 5.20. The fourth-order valence-corrected chi connectivity index (χ4v) is 3.27. The molecule has 1 saturated carbocycles. The summed E-state index contributed by atoms with van der Waals surface area (Å²) in [6.45, 7) is 0.478. The van der Waals surface area contributed by atoms with Crippen LogP contribution in [0.2, 0.25) is 0 Å². The summed E-state index contributed by atoms with van der Waals surface area (Å²) in [5.74, 6) is -1.21. The third kappa shape index (κ3) is 4.96. The lowest BCUT2D eigenvalue weighted by atomic mass is 9.85. The molecular weight excluding hydrogens is 407 g/mol. The van der Waals surface area contributed by atoms with E-state index in [2.05, 4.69) is 15.3 Å². The Balaban J connectivity index is 0.000000158. The summed E-state index contributed by atoms with van der Waals surface area (Å²) in [4.78, 5) is 18.1. The SMILES string of the molecule is Fc1ccc(-c2cc3cc(F)cc(F)c3[nH]2)cc1.O=C(NCc1cocn1)C1CCC1. The molecule has 0 bridgehead atoms. The molecule has 4 aromatic rings. The van der Waals surface area contributed by atoms with E-state index in [0.29, 0.717) is 23.2 Å². The number of rotatable bonds is 4. The number of H-pyrrole nitrogens is 1. The molecule has 5 rings (SSSR count). The molecule has 1 aliphatic carbocycles. The molecule has 0 saturated heterocycles. The van der Waals surface area contributed by atoms with Crippen molar-refractivity contribution >= 4 is 16.8 Å². The topological polar surface area (TPSA) is 70.9 Å². The van der Waals surface area contributed by atoms with Crippen molar-refractivity contribution in [3.8, 4) is 11.3 Å². The zero-order chi connectivity index (χ0) is 21.8. The van der Waals surface area contributed by atoms with Gasteiger partial charge in [0.15, 0.2) is 6.39 Å². The molecule has 0 atom stereocenters. The first-order valence-electron chi connectivity index (χ1n) is 9.88. The Bertz CT molecular complexity index is 1170. The van der Waals surface area contributed by atoms with Gasteiger partial charge < -0.3 is 14.7 Å². The number of carbonyl (C=O) groups is 1. The van der Waals surface area contributed by atoms with Crippen molar-refractivity contribution in [3.05, 3.63) is 78.3 Å². The minimum atomic E-state index is -0.640. The third-order valence-electron chi connectivity index (χ3n) is 5.20. The van der Waals surface area contributed by atoms with Gasteiger partial charge in [0.2, 0.25) is 5.91 Å². The fraction of sp³-hybridized carbons (Fsp3) is 0.217. The highest BCUT2D eigenvalue weighted by Gasteiger charge is 2.24. The van der Waals surface area contributed by atoms with Gasteiger partial charge in [-0.3, -0.25) is 4.79 Å². The molecule has 0 unspecified atom stereocenters. The molecule has 2 N–H and O–H groups in total. The number of hydrogen-bond acceptors (Lipinski definition) is 3. The van der Waals surface area contributed by atoms with Crippen molar-refractivity contribution < 1.29 is 22.4 Å². The van der Waals surface area contributed by atoms with Crippen LogP contribution >= 0.6 is 0 Å². The molecular formula is C23H20F3N3O2. The van der Waals surface area contributed by atoms with E-state index < -0.39 is 11.6 Å². The molecule has 1 fully saturated rings. The van der Waals surface area contributed by atoms with Gasteiger partial charge in [-0.2, -0.15) is 0 Å². The lowest BCUT2D eigenvalue weighted by Crippen LogP contribution is -2.34. The zero-order valence-electron chi connectivity index (χ0n) is 16.5. The fourth-order valence-electron chi connectivity index (χ4n) is 3.27. The predicted octanol–water partition coefficient (Wildman–Crippen LogP) is 5.34. The number of amides is 1. The van der Waals surface area contributed by atoms with E-state index in [1.165, 1.54) is 31.0 Å². The number of fused-ring (bicyclic) bond motifs is 1. The Morgan fingerprint density at radius 3 is 2.52 bits per heavy atom. The molecule has 1 aliphatic rings. The van der Waals surface area contributed by atoms with Gasteiger partial charge in [0, 0.05) is 23.1 Å². The average Bonchev–Trinajstić information content (AvgIpc) is 3.36. The van der Waals surface area contributed by atoms with Crippen LogP contribution in [0.1, 0.15) is 25.0 Å². The first-order valence-corrected chi connectivity index (χ1v) is 9.88. The number of oxazole rings is 1. The quantitative estimate of drug-likeness (QED) is 0.462. The van der Waals surface area contributed by atoms with Crippen molar-refractivity contribution in [1.29, 1.82) is 0 Å². The Kier molecular flexibility index (Phi) is 6.06. The van der Waals surface area contributed by atoms with Crippen molar-refractivity contribution in [2.24, 2.45) is 5.92 Å². The normalized spacial score (nSPS) is 13.4. The Morgan fingerprint density at radius 2 is 1.87 bits per heavy atom. The number of halogens is 3. The van der Waals surface area contributed by atoms with Gasteiger partial charge in [-0.1, -0.05) is 6.42 Å². The van der Waals surface area contributed by atoms with Crippen LogP contribution in [0, 0.1) is 23.4 Å². The smallest absolute Gasteiger partial charge is 0.223 e. The van der Waals surface area contributed by atoms with Crippen LogP contribution < -0.4 is 5.32 Å². The summed E-state index contributed by atoms with van der Waals surface area (Å²) in [7, 11) is 0. The summed E-state index contributed by atoms with van der Waals surface area (Å²) >= 11 is 0. The van der Waals surface area contributed by atoms with Crippen molar-refractivity contribution in [2.45, 2.75) is 25.8 Å². The second kappa shape index (κ2) is 9.07. The number of hydrogen-bond donors (Lipinski definition) is 2. The summed E-state index contributed by atoms with van der Waals surface area (Å²) in [5, 5.41) is 3.28. The second-order valence-corrected chi connectivity index (χ2v) is 7.37. The molecule has 0 aliphatic heterocycles. The van der Waals surface area contributed by atoms with Gasteiger partial charge in [0.1, 0.15) is 23.7 Å². The van der Waals surface area contributed by atoms with E-state index in [-0.39, 0.29) is 23.2 Å². The molecule has 0 radical (unpaired) electrons. The Morgan fingerprint density at radius 1 is 1.10 bits per heavy atom. The lowest BCUT2D eigenvalue weighted by Gasteiger charge is -2.23. The van der Waals surface area contributed by atoms with E-state index in [9.17, 15) is 18.0 Å². The monoisotopic (exact) mass is 427 g/mol. The van der Waals surface area contributed by atoms with Crippen LogP contribution in [0.3, 0.4) is 0 Å². The van der Waals surface area contributed by atoms with Crippen LogP contribution in [-0.2, 0) is 11.3 Å². The first kappa shape index (κ1) is 20.7. The molecule has 2 aromatic heterocycles. The summed E-state index contributed by atoms with van der Waals surface area (Å²) in [6, 6.07) is 9.50. The molecule has 5 nitrogen and oxygen atoms in total. The molecule has 2 heterocycles. The standard InChI is InChI=1S/C14H8F3N.C9H12N2O2/c15-10-3-1-8(2-4-10)13-6-9-5-11(16)7-12(17)14(9)18-13;12-9(7-2-1-3-7)10-4-8-5-13-6-11-8/h1-7,18H;5-7H,1-4H2,(H,10,12). The van der Waals surface area contributed by atoms with Crippen molar-refractivity contribution in [2.75, 3.05) is 0 Å². The van der Waals surface area contributed by atoms with Crippen LogP contribution in [0.4, 0.5) is 13.2 Å². The number of aromatic nitrogens is 2. The number of carbonyl (C=O) groups excluding carboxylic acids is 1. The van der Waals surface area contributed by atoms with Crippen LogP contribution in [0.5, 0.6) is 0 Å². The molecule has 31 heavy (non-hydrogen) atoms. The highest BCUT2D eigenvalue weighted by Crippen LogP contribution is 2.27. The van der Waals surface area contributed by atoms with Gasteiger partial charge >= 0.3 is 0 Å². The van der Waals surface area contributed by atoms with Crippen LogP contribution in [-0.4, -0.2) is 15.9 Å². The lowest BCUT2D eigenvalue weighted by molar-refractivity contribution is -0.127. The van der Waals surface area contributed by atoms with Gasteiger partial charge in [-0.05, 0) is 54.8 Å². The van der Waals surface area contributed by atoms with Gasteiger partial charge in [0.05, 0.1) is 17.8 Å². The van der Waals surface area contributed by atoms with E-state index in [0.717, 1.165) is 24.6 Å². The van der Waals surface area contributed by atoms with E-state index in [1.807, 2.05) is 0 Å². The minimum Gasteiger partial charge on any atom is -0.451 e.